The van der Waals surface area contributed by atoms with Gasteiger partial charge in [-0.2, -0.15) is 0 Å². The Labute approximate surface area is 130 Å². The summed E-state index contributed by atoms with van der Waals surface area (Å²) in [6.45, 7) is 14.7. The standard InChI is InChI=1S/C14H32O5P2/c1-11(2)9-20(15,17-12(3)4)10-21(16,18-13(5)6)19-14(7)8/h11-14H,9-10H2,1-8H3. The summed E-state index contributed by atoms with van der Waals surface area (Å²) in [5.74, 6) is 0.0216. The van der Waals surface area contributed by atoms with Gasteiger partial charge in [-0.3, -0.25) is 9.13 Å². The molecule has 0 radical (unpaired) electrons. The van der Waals surface area contributed by atoms with Crippen LogP contribution in [0, 0.1) is 5.92 Å². The van der Waals surface area contributed by atoms with E-state index < -0.39 is 15.0 Å². The highest BCUT2D eigenvalue weighted by atomic mass is 31.2. The monoisotopic (exact) mass is 342 g/mol. The summed E-state index contributed by atoms with van der Waals surface area (Å²) in [4.78, 5) is 0. The molecule has 0 amide bonds. The molecule has 1 atom stereocenters. The minimum Gasteiger partial charge on any atom is -0.325 e. The highest BCUT2D eigenvalue weighted by molar-refractivity contribution is 7.74. The fourth-order valence-electron chi connectivity index (χ4n) is 2.07. The number of hydrogen-bond donors (Lipinski definition) is 0. The van der Waals surface area contributed by atoms with Crippen LogP contribution >= 0.6 is 15.0 Å². The maximum atomic E-state index is 13.1. The van der Waals surface area contributed by atoms with Crippen molar-refractivity contribution in [2.45, 2.75) is 73.7 Å². The summed E-state index contributed by atoms with van der Waals surface area (Å²) in [5, 5.41) is 0. The predicted octanol–water partition coefficient (Wildman–Crippen LogP) is 5.35. The Kier molecular flexibility index (Phi) is 8.98. The Balaban J connectivity index is 5.29. The summed E-state index contributed by atoms with van der Waals surface area (Å²) in [7, 11) is -6.53. The zero-order chi connectivity index (χ0) is 16.8. The van der Waals surface area contributed by atoms with Gasteiger partial charge < -0.3 is 13.6 Å². The van der Waals surface area contributed by atoms with E-state index in [1.807, 2.05) is 27.7 Å². The lowest BCUT2D eigenvalue weighted by atomic mass is 10.3. The molecule has 0 saturated carbocycles. The fourth-order valence-corrected chi connectivity index (χ4v) is 8.75. The topological polar surface area (TPSA) is 61.8 Å². The van der Waals surface area contributed by atoms with Gasteiger partial charge >= 0.3 is 7.60 Å². The summed E-state index contributed by atoms with van der Waals surface area (Å²) in [6, 6.07) is 0. The molecule has 7 heteroatoms. The van der Waals surface area contributed by atoms with Crippen LogP contribution in [0.1, 0.15) is 55.4 Å². The van der Waals surface area contributed by atoms with Crippen LogP contribution in [0.4, 0.5) is 0 Å². The molecular weight excluding hydrogens is 310 g/mol. The molecule has 0 aromatic heterocycles. The van der Waals surface area contributed by atoms with Crippen LogP contribution in [0.5, 0.6) is 0 Å². The third-order valence-electron chi connectivity index (χ3n) is 2.18. The van der Waals surface area contributed by atoms with Crippen LogP contribution < -0.4 is 0 Å². The first-order valence-corrected chi connectivity index (χ1v) is 11.3. The molecule has 0 aromatic carbocycles. The van der Waals surface area contributed by atoms with Gasteiger partial charge in [-0.05, 0) is 47.5 Å². The lowest BCUT2D eigenvalue weighted by molar-refractivity contribution is 0.144. The molecule has 0 rings (SSSR count). The maximum absolute atomic E-state index is 13.1. The minimum absolute atomic E-state index is 0.160. The largest absolute Gasteiger partial charge is 0.340 e. The smallest absolute Gasteiger partial charge is 0.325 e. The first-order valence-electron chi connectivity index (χ1n) is 7.60. The SMILES string of the molecule is CC(C)CP(=O)(CP(=O)(OC(C)C)OC(C)C)OC(C)C. The van der Waals surface area contributed by atoms with Crippen molar-refractivity contribution in [2.24, 2.45) is 5.92 Å². The number of hydrogen-bond acceptors (Lipinski definition) is 5. The molecule has 128 valence electrons. The normalized spacial score (nSPS) is 16.2. The van der Waals surface area contributed by atoms with Crippen molar-refractivity contribution in [1.29, 1.82) is 0 Å². The van der Waals surface area contributed by atoms with Crippen LogP contribution in [0.2, 0.25) is 0 Å². The van der Waals surface area contributed by atoms with E-state index in [4.69, 9.17) is 13.6 Å². The molecule has 0 fully saturated rings. The van der Waals surface area contributed by atoms with Crippen molar-refractivity contribution in [1.82, 2.24) is 0 Å². The van der Waals surface area contributed by atoms with E-state index in [2.05, 4.69) is 0 Å². The molecule has 0 N–H and O–H groups in total. The second kappa shape index (κ2) is 8.84. The Morgan fingerprint density at radius 3 is 1.38 bits per heavy atom. The summed E-state index contributed by atoms with van der Waals surface area (Å²) in [6.07, 6.45) is -0.346. The van der Waals surface area contributed by atoms with Gasteiger partial charge in [0.15, 0.2) is 0 Å². The number of rotatable bonds is 10. The molecular formula is C14H32O5P2. The van der Waals surface area contributed by atoms with Crippen LogP contribution in [-0.4, -0.2) is 30.4 Å². The van der Waals surface area contributed by atoms with Gasteiger partial charge in [0, 0.05) is 6.16 Å². The third kappa shape index (κ3) is 9.86. The molecule has 21 heavy (non-hydrogen) atoms. The van der Waals surface area contributed by atoms with Crippen molar-refractivity contribution < 1.29 is 22.7 Å². The molecule has 0 aliphatic carbocycles. The van der Waals surface area contributed by atoms with Crippen molar-refractivity contribution >= 4 is 15.0 Å². The molecule has 0 aliphatic heterocycles. The van der Waals surface area contributed by atoms with E-state index in [1.165, 1.54) is 0 Å². The zero-order valence-corrected chi connectivity index (χ0v) is 16.4. The second-order valence-corrected chi connectivity index (χ2v) is 11.6. The van der Waals surface area contributed by atoms with Crippen molar-refractivity contribution in [3.8, 4) is 0 Å². The highest BCUT2D eigenvalue weighted by Gasteiger charge is 2.39. The van der Waals surface area contributed by atoms with Crippen molar-refractivity contribution in [2.75, 3.05) is 12.1 Å². The highest BCUT2D eigenvalue weighted by Crippen LogP contribution is 2.65. The van der Waals surface area contributed by atoms with Gasteiger partial charge in [0.2, 0.25) is 7.37 Å². The van der Waals surface area contributed by atoms with Gasteiger partial charge in [-0.25, -0.2) is 0 Å². The fraction of sp³-hybridized carbons (Fsp3) is 1.00. The molecule has 0 aromatic rings. The lowest BCUT2D eigenvalue weighted by Crippen LogP contribution is -2.15. The first-order chi connectivity index (χ1) is 9.37. The molecule has 0 aliphatic rings. The Bertz CT molecular complexity index is 327. The van der Waals surface area contributed by atoms with Crippen LogP contribution in [0.15, 0.2) is 0 Å². The molecule has 0 spiro atoms. The third-order valence-corrected chi connectivity index (χ3v) is 8.87. The van der Waals surface area contributed by atoms with Crippen LogP contribution in [0.25, 0.3) is 0 Å². The van der Waals surface area contributed by atoms with Crippen molar-refractivity contribution in [3.63, 3.8) is 0 Å². The Hall–Kier alpha value is 0.340. The van der Waals surface area contributed by atoms with E-state index in [0.29, 0.717) is 6.16 Å². The van der Waals surface area contributed by atoms with Crippen LogP contribution in [0.3, 0.4) is 0 Å². The van der Waals surface area contributed by atoms with Gasteiger partial charge in [-0.1, -0.05) is 13.8 Å². The quantitative estimate of drug-likeness (QED) is 0.501. The molecule has 0 bridgehead atoms. The van der Waals surface area contributed by atoms with Crippen LogP contribution in [-0.2, 0) is 22.7 Å². The van der Waals surface area contributed by atoms with E-state index >= 15 is 0 Å². The molecule has 1 unspecified atom stereocenters. The first kappa shape index (κ1) is 21.3. The predicted molar refractivity (Wildman–Crippen MR) is 88.4 cm³/mol. The van der Waals surface area contributed by atoms with Gasteiger partial charge in [0.05, 0.1) is 18.3 Å². The maximum Gasteiger partial charge on any atom is 0.340 e. The Morgan fingerprint density at radius 2 is 1.10 bits per heavy atom. The van der Waals surface area contributed by atoms with Crippen molar-refractivity contribution in [3.05, 3.63) is 0 Å². The Morgan fingerprint density at radius 1 is 0.714 bits per heavy atom. The molecule has 0 heterocycles. The average molecular weight is 342 g/mol. The average Bonchev–Trinajstić information content (AvgIpc) is 2.07. The van der Waals surface area contributed by atoms with E-state index in [1.54, 1.807) is 27.7 Å². The summed E-state index contributed by atoms with van der Waals surface area (Å²) >= 11 is 0. The summed E-state index contributed by atoms with van der Waals surface area (Å²) in [5.41, 5.74) is 0. The zero-order valence-electron chi connectivity index (χ0n) is 14.7. The van der Waals surface area contributed by atoms with Gasteiger partial charge in [-0.15, -0.1) is 0 Å². The summed E-state index contributed by atoms with van der Waals surface area (Å²) < 4.78 is 42.6. The van der Waals surface area contributed by atoms with Gasteiger partial charge in [0.1, 0.15) is 5.90 Å². The van der Waals surface area contributed by atoms with E-state index in [0.717, 1.165) is 0 Å². The van der Waals surface area contributed by atoms with Gasteiger partial charge in [0.25, 0.3) is 0 Å². The van der Waals surface area contributed by atoms with E-state index in [9.17, 15) is 9.13 Å². The van der Waals surface area contributed by atoms with E-state index in [-0.39, 0.29) is 30.1 Å². The molecule has 5 nitrogen and oxygen atoms in total. The second-order valence-electron chi connectivity index (χ2n) is 6.61. The molecule has 0 saturated heterocycles. The lowest BCUT2D eigenvalue weighted by Gasteiger charge is -2.28. The minimum atomic E-state index is -3.45.